The number of hydrogen-bond donors (Lipinski definition) is 1. The molecule has 0 saturated heterocycles. The van der Waals surface area contributed by atoms with Gasteiger partial charge in [-0.1, -0.05) is 0 Å². The molecule has 1 aliphatic heterocycles. The average Bonchev–Trinajstić information content (AvgIpc) is 2.69. The second-order valence-corrected chi connectivity index (χ2v) is 4.84. The summed E-state index contributed by atoms with van der Waals surface area (Å²) >= 11 is 0. The molecule has 0 amide bonds. The van der Waals surface area contributed by atoms with Crippen LogP contribution in [0.3, 0.4) is 0 Å². The van der Waals surface area contributed by atoms with E-state index in [9.17, 15) is 4.79 Å². The Kier molecular flexibility index (Phi) is 3.60. The van der Waals surface area contributed by atoms with Crippen molar-refractivity contribution in [3.63, 3.8) is 0 Å². The van der Waals surface area contributed by atoms with Crippen LogP contribution in [0.5, 0.6) is 5.88 Å². The third-order valence-corrected chi connectivity index (χ3v) is 3.50. The maximum Gasteiger partial charge on any atom is 0.358 e. The molecule has 0 atom stereocenters. The fourth-order valence-electron chi connectivity index (χ4n) is 2.59. The van der Waals surface area contributed by atoms with E-state index in [4.69, 9.17) is 9.47 Å². The molecule has 1 aromatic rings. The molecule has 110 valence electrons. The van der Waals surface area contributed by atoms with Crippen LogP contribution in [0.2, 0.25) is 0 Å². The number of esters is 1. The molecular weight excluding hydrogens is 270 g/mol. The highest BCUT2D eigenvalue weighted by molar-refractivity contribution is 6.10. The van der Waals surface area contributed by atoms with Crippen LogP contribution in [0, 0.1) is 0 Å². The number of nitrogens with one attached hydrogen (secondary N) is 1. The Morgan fingerprint density at radius 2 is 2.29 bits per heavy atom. The standard InChI is InChI=1S/C15H17N3O3/c1-3-21-15(19)12-8-16-11-7-13(20-2)18-10-6-4-5-9(17-12)14(10)11/h7-8,16H,3-6H2,1-2H3. The number of aliphatic imine (C=N–C) groups is 1. The predicted octanol–water partition coefficient (Wildman–Crippen LogP) is 2.05. The number of nitrogens with zero attached hydrogens (tertiary/aromatic N) is 2. The topological polar surface area (TPSA) is 72.8 Å². The quantitative estimate of drug-likeness (QED) is 0.861. The molecule has 1 N–H and O–H groups in total. The monoisotopic (exact) mass is 287 g/mol. The van der Waals surface area contributed by atoms with Crippen LogP contribution >= 0.6 is 0 Å². The maximum atomic E-state index is 11.9. The van der Waals surface area contributed by atoms with Crippen LogP contribution in [0.25, 0.3) is 0 Å². The maximum absolute atomic E-state index is 11.9. The molecule has 0 radical (unpaired) electrons. The van der Waals surface area contributed by atoms with Gasteiger partial charge in [0.15, 0.2) is 5.70 Å². The van der Waals surface area contributed by atoms with E-state index in [2.05, 4.69) is 15.3 Å². The Morgan fingerprint density at radius 1 is 1.43 bits per heavy atom. The highest BCUT2D eigenvalue weighted by atomic mass is 16.5. The number of aromatic nitrogens is 1. The zero-order valence-corrected chi connectivity index (χ0v) is 12.1. The van der Waals surface area contributed by atoms with Crippen molar-refractivity contribution in [2.45, 2.75) is 26.2 Å². The van der Waals surface area contributed by atoms with Gasteiger partial charge in [0.2, 0.25) is 5.88 Å². The van der Waals surface area contributed by atoms with Gasteiger partial charge in [0, 0.05) is 17.8 Å². The lowest BCUT2D eigenvalue weighted by Crippen LogP contribution is -2.16. The molecule has 3 rings (SSSR count). The molecule has 0 fully saturated rings. The van der Waals surface area contributed by atoms with Gasteiger partial charge >= 0.3 is 5.97 Å². The van der Waals surface area contributed by atoms with Crippen molar-refractivity contribution in [2.24, 2.45) is 4.99 Å². The van der Waals surface area contributed by atoms with Gasteiger partial charge in [-0.25, -0.2) is 14.8 Å². The molecule has 21 heavy (non-hydrogen) atoms. The lowest BCUT2D eigenvalue weighted by molar-refractivity contribution is -0.138. The highest BCUT2D eigenvalue weighted by Crippen LogP contribution is 2.32. The molecule has 1 aromatic heterocycles. The van der Waals surface area contributed by atoms with Crippen molar-refractivity contribution in [1.29, 1.82) is 0 Å². The number of aryl methyl sites for hydroxylation is 1. The van der Waals surface area contributed by atoms with E-state index in [1.54, 1.807) is 20.2 Å². The normalized spacial score (nSPS) is 15.9. The van der Waals surface area contributed by atoms with Crippen molar-refractivity contribution in [1.82, 2.24) is 4.98 Å². The third-order valence-electron chi connectivity index (χ3n) is 3.50. The first-order valence-corrected chi connectivity index (χ1v) is 7.02. The number of anilines is 1. The Labute approximate surface area is 122 Å². The van der Waals surface area contributed by atoms with Gasteiger partial charge in [-0.3, -0.25) is 0 Å². The summed E-state index contributed by atoms with van der Waals surface area (Å²) in [7, 11) is 1.59. The first-order chi connectivity index (χ1) is 10.2. The SMILES string of the molecule is CCOC(=O)C1=CNc2cc(OC)nc3c2C(=N1)CCC3. The average molecular weight is 287 g/mol. The third kappa shape index (κ3) is 2.49. The fourth-order valence-corrected chi connectivity index (χ4v) is 2.59. The molecule has 0 aromatic carbocycles. The number of rotatable bonds is 3. The van der Waals surface area contributed by atoms with E-state index in [0.29, 0.717) is 12.5 Å². The second kappa shape index (κ2) is 5.55. The molecule has 0 bridgehead atoms. The van der Waals surface area contributed by atoms with Gasteiger partial charge in [0.25, 0.3) is 0 Å². The van der Waals surface area contributed by atoms with Crippen molar-refractivity contribution < 1.29 is 14.3 Å². The van der Waals surface area contributed by atoms with Gasteiger partial charge in [-0.2, -0.15) is 0 Å². The summed E-state index contributed by atoms with van der Waals surface area (Å²) in [5.74, 6) is 0.142. The predicted molar refractivity (Wildman–Crippen MR) is 78.6 cm³/mol. The number of carbonyl (C=O) groups is 1. The van der Waals surface area contributed by atoms with E-state index < -0.39 is 5.97 Å². The second-order valence-electron chi connectivity index (χ2n) is 4.84. The van der Waals surface area contributed by atoms with Gasteiger partial charge in [-0.15, -0.1) is 0 Å². The summed E-state index contributed by atoms with van der Waals surface area (Å²) < 4.78 is 10.3. The Bertz CT molecular complexity index is 650. The van der Waals surface area contributed by atoms with Gasteiger partial charge < -0.3 is 14.8 Å². The molecule has 1 aliphatic carbocycles. The summed E-state index contributed by atoms with van der Waals surface area (Å²) in [6, 6.07) is 1.82. The van der Waals surface area contributed by atoms with Crippen LogP contribution in [0.1, 0.15) is 31.0 Å². The van der Waals surface area contributed by atoms with Crippen molar-refractivity contribution >= 4 is 17.4 Å². The number of ether oxygens (including phenoxy) is 2. The molecule has 0 saturated carbocycles. The summed E-state index contributed by atoms with van der Waals surface area (Å²) in [5, 5.41) is 3.13. The first-order valence-electron chi connectivity index (χ1n) is 7.02. The minimum absolute atomic E-state index is 0.287. The molecule has 6 nitrogen and oxygen atoms in total. The van der Waals surface area contributed by atoms with Crippen molar-refractivity contribution in [2.75, 3.05) is 19.0 Å². The van der Waals surface area contributed by atoms with Crippen molar-refractivity contribution in [3.05, 3.63) is 29.2 Å². The minimum Gasteiger partial charge on any atom is -0.481 e. The lowest BCUT2D eigenvalue weighted by atomic mass is 9.92. The van der Waals surface area contributed by atoms with Gasteiger partial charge in [-0.05, 0) is 26.2 Å². The largest absolute Gasteiger partial charge is 0.481 e. The van der Waals surface area contributed by atoms with Crippen LogP contribution in [-0.2, 0) is 16.0 Å². The van der Waals surface area contributed by atoms with E-state index in [0.717, 1.165) is 41.9 Å². The lowest BCUT2D eigenvalue weighted by Gasteiger charge is -2.19. The summed E-state index contributed by atoms with van der Waals surface area (Å²) in [4.78, 5) is 20.9. The van der Waals surface area contributed by atoms with Gasteiger partial charge in [0.1, 0.15) is 0 Å². The number of hydrogen-bond acceptors (Lipinski definition) is 6. The van der Waals surface area contributed by atoms with Crippen LogP contribution < -0.4 is 10.1 Å². The van der Waals surface area contributed by atoms with Gasteiger partial charge in [0.05, 0.1) is 30.8 Å². The van der Waals surface area contributed by atoms with E-state index in [1.807, 2.05) is 6.07 Å². The molecular formula is C15H17N3O3. The summed E-state index contributed by atoms with van der Waals surface area (Å²) in [5.41, 5.74) is 3.98. The Morgan fingerprint density at radius 3 is 3.05 bits per heavy atom. The van der Waals surface area contributed by atoms with E-state index in [-0.39, 0.29) is 5.70 Å². The Balaban J connectivity index is 2.07. The van der Waals surface area contributed by atoms with E-state index in [1.165, 1.54) is 0 Å². The molecule has 0 spiro atoms. The smallest absolute Gasteiger partial charge is 0.358 e. The van der Waals surface area contributed by atoms with Crippen LogP contribution in [-0.4, -0.2) is 30.4 Å². The van der Waals surface area contributed by atoms with E-state index >= 15 is 0 Å². The first kappa shape index (κ1) is 13.6. The molecule has 6 heteroatoms. The summed E-state index contributed by atoms with van der Waals surface area (Å²) in [6.07, 6.45) is 4.25. The Hall–Kier alpha value is -2.37. The van der Waals surface area contributed by atoms with Crippen LogP contribution in [0.4, 0.5) is 5.69 Å². The van der Waals surface area contributed by atoms with Crippen molar-refractivity contribution in [3.8, 4) is 5.88 Å². The molecule has 2 heterocycles. The number of pyridine rings is 1. The molecule has 0 unspecified atom stereocenters. The number of carbonyl (C=O) groups excluding carboxylic acids is 1. The fraction of sp³-hybridized carbons (Fsp3) is 0.400. The highest BCUT2D eigenvalue weighted by Gasteiger charge is 2.25. The van der Waals surface area contributed by atoms with Crippen LogP contribution in [0.15, 0.2) is 23.0 Å². The number of methoxy groups -OCH3 is 1. The zero-order chi connectivity index (χ0) is 14.8. The zero-order valence-electron chi connectivity index (χ0n) is 12.1. The summed E-state index contributed by atoms with van der Waals surface area (Å²) in [6.45, 7) is 2.10. The minimum atomic E-state index is -0.419. The molecule has 2 aliphatic rings.